The number of rotatable bonds is 4. The lowest BCUT2D eigenvalue weighted by Gasteiger charge is -2.29. The number of fused-ring (bicyclic) bond motifs is 2. The molecule has 3 heteroatoms. The van der Waals surface area contributed by atoms with Crippen LogP contribution >= 0.6 is 0 Å². The molecule has 0 aliphatic heterocycles. The number of carboxylic acid groups (broad SMARTS) is 1. The molecule has 3 rings (SSSR count). The SMILES string of the molecule is Cc1ccc(CNC2C3CCC(C3)C2C(=O)O)c(C)c1. The van der Waals surface area contributed by atoms with Gasteiger partial charge < -0.3 is 10.4 Å². The van der Waals surface area contributed by atoms with Gasteiger partial charge in [0, 0.05) is 12.6 Å². The molecule has 0 saturated heterocycles. The van der Waals surface area contributed by atoms with Crippen molar-refractivity contribution >= 4 is 5.97 Å². The topological polar surface area (TPSA) is 49.3 Å². The summed E-state index contributed by atoms with van der Waals surface area (Å²) in [5, 5.41) is 13.0. The van der Waals surface area contributed by atoms with Gasteiger partial charge in [-0.3, -0.25) is 4.79 Å². The summed E-state index contributed by atoms with van der Waals surface area (Å²) >= 11 is 0. The Labute approximate surface area is 120 Å². The zero-order valence-corrected chi connectivity index (χ0v) is 12.2. The number of carbonyl (C=O) groups is 1. The molecule has 2 aliphatic carbocycles. The largest absolute Gasteiger partial charge is 0.481 e. The second kappa shape index (κ2) is 5.21. The average Bonchev–Trinajstić information content (AvgIpc) is 2.97. The van der Waals surface area contributed by atoms with Crippen molar-refractivity contribution in [1.82, 2.24) is 5.32 Å². The van der Waals surface area contributed by atoms with E-state index in [1.165, 1.54) is 23.1 Å². The van der Waals surface area contributed by atoms with Crippen molar-refractivity contribution in [1.29, 1.82) is 0 Å². The second-order valence-electron chi connectivity index (χ2n) is 6.53. The lowest BCUT2D eigenvalue weighted by atomic mass is 9.84. The fourth-order valence-electron chi connectivity index (χ4n) is 4.21. The minimum absolute atomic E-state index is 0.159. The summed E-state index contributed by atoms with van der Waals surface area (Å²) in [5.74, 6) is 0.163. The second-order valence-corrected chi connectivity index (χ2v) is 6.53. The zero-order chi connectivity index (χ0) is 14.3. The van der Waals surface area contributed by atoms with E-state index >= 15 is 0 Å². The van der Waals surface area contributed by atoms with Crippen LogP contribution in [0.1, 0.15) is 36.0 Å². The van der Waals surface area contributed by atoms with Gasteiger partial charge in [0.25, 0.3) is 0 Å². The van der Waals surface area contributed by atoms with Crippen molar-refractivity contribution in [3.05, 3.63) is 34.9 Å². The van der Waals surface area contributed by atoms with Gasteiger partial charge in [-0.25, -0.2) is 0 Å². The molecule has 20 heavy (non-hydrogen) atoms. The number of hydrogen-bond donors (Lipinski definition) is 2. The lowest BCUT2D eigenvalue weighted by molar-refractivity contribution is -0.144. The summed E-state index contributed by atoms with van der Waals surface area (Å²) in [6.07, 6.45) is 3.39. The maximum atomic E-state index is 11.5. The smallest absolute Gasteiger partial charge is 0.308 e. The summed E-state index contributed by atoms with van der Waals surface area (Å²) in [4.78, 5) is 11.5. The van der Waals surface area contributed by atoms with Crippen LogP contribution in [0.3, 0.4) is 0 Å². The van der Waals surface area contributed by atoms with Gasteiger partial charge in [-0.2, -0.15) is 0 Å². The summed E-state index contributed by atoms with van der Waals surface area (Å²) < 4.78 is 0. The van der Waals surface area contributed by atoms with Gasteiger partial charge in [0.2, 0.25) is 0 Å². The molecule has 0 aromatic heterocycles. The van der Waals surface area contributed by atoms with Crippen LogP contribution in [0.25, 0.3) is 0 Å². The Hall–Kier alpha value is -1.35. The highest BCUT2D eigenvalue weighted by molar-refractivity contribution is 5.72. The van der Waals surface area contributed by atoms with E-state index in [9.17, 15) is 9.90 Å². The molecule has 0 heterocycles. The molecule has 2 bridgehead atoms. The normalized spacial score (nSPS) is 31.7. The first kappa shape index (κ1) is 13.6. The van der Waals surface area contributed by atoms with Crippen molar-refractivity contribution in [3.63, 3.8) is 0 Å². The molecule has 0 spiro atoms. The predicted octanol–water partition coefficient (Wildman–Crippen LogP) is 2.89. The fraction of sp³-hybridized carbons (Fsp3) is 0.588. The molecule has 2 N–H and O–H groups in total. The van der Waals surface area contributed by atoms with E-state index in [1.54, 1.807) is 0 Å². The molecule has 0 radical (unpaired) electrons. The van der Waals surface area contributed by atoms with Crippen molar-refractivity contribution in [3.8, 4) is 0 Å². The Balaban J connectivity index is 1.70. The van der Waals surface area contributed by atoms with E-state index in [0.717, 1.165) is 19.4 Å². The number of aliphatic carboxylic acids is 1. The minimum Gasteiger partial charge on any atom is -0.481 e. The fourth-order valence-corrected chi connectivity index (χ4v) is 4.21. The first-order valence-electron chi connectivity index (χ1n) is 7.58. The molecule has 1 aromatic carbocycles. The van der Waals surface area contributed by atoms with Crippen molar-refractivity contribution in [2.45, 2.75) is 45.7 Å². The summed E-state index contributed by atoms with van der Waals surface area (Å²) in [6.45, 7) is 5.00. The number of hydrogen-bond acceptors (Lipinski definition) is 2. The van der Waals surface area contributed by atoms with Crippen LogP contribution in [0.15, 0.2) is 18.2 Å². The molecule has 4 unspecified atom stereocenters. The maximum Gasteiger partial charge on any atom is 0.308 e. The number of nitrogens with one attached hydrogen (secondary N) is 1. The van der Waals surface area contributed by atoms with Crippen LogP contribution < -0.4 is 5.32 Å². The van der Waals surface area contributed by atoms with Crippen LogP contribution in [0.4, 0.5) is 0 Å². The molecule has 2 fully saturated rings. The standard InChI is InChI=1S/C17H23NO2/c1-10-3-4-14(11(2)7-10)9-18-16-13-6-5-12(8-13)15(16)17(19)20/h3-4,7,12-13,15-16,18H,5-6,8-9H2,1-2H3,(H,19,20). The van der Waals surface area contributed by atoms with Gasteiger partial charge in [0.15, 0.2) is 0 Å². The Bertz CT molecular complexity index is 526. The predicted molar refractivity (Wildman–Crippen MR) is 78.5 cm³/mol. The van der Waals surface area contributed by atoms with Gasteiger partial charge in [-0.05, 0) is 56.1 Å². The van der Waals surface area contributed by atoms with Crippen molar-refractivity contribution in [2.75, 3.05) is 0 Å². The third-order valence-corrected chi connectivity index (χ3v) is 5.23. The third-order valence-electron chi connectivity index (χ3n) is 5.23. The summed E-state index contributed by atoms with van der Waals surface area (Å²) in [7, 11) is 0. The van der Waals surface area contributed by atoms with Gasteiger partial charge in [-0.15, -0.1) is 0 Å². The van der Waals surface area contributed by atoms with Gasteiger partial charge in [0.1, 0.15) is 0 Å². The Kier molecular flexibility index (Phi) is 3.55. The van der Waals surface area contributed by atoms with Crippen LogP contribution in [0.2, 0.25) is 0 Å². The van der Waals surface area contributed by atoms with Crippen LogP contribution in [-0.4, -0.2) is 17.1 Å². The zero-order valence-electron chi connectivity index (χ0n) is 12.2. The third kappa shape index (κ3) is 2.35. The highest BCUT2D eigenvalue weighted by atomic mass is 16.4. The van der Waals surface area contributed by atoms with E-state index in [1.807, 2.05) is 0 Å². The Morgan fingerprint density at radius 2 is 2.05 bits per heavy atom. The Morgan fingerprint density at radius 3 is 2.75 bits per heavy atom. The molecule has 108 valence electrons. The molecular formula is C17H23NO2. The number of benzene rings is 1. The lowest BCUT2D eigenvalue weighted by Crippen LogP contribution is -2.43. The summed E-state index contributed by atoms with van der Waals surface area (Å²) in [6, 6.07) is 6.62. The maximum absolute atomic E-state index is 11.5. The van der Waals surface area contributed by atoms with Crippen LogP contribution in [-0.2, 0) is 11.3 Å². The van der Waals surface area contributed by atoms with Crippen LogP contribution in [0, 0.1) is 31.6 Å². The molecule has 0 amide bonds. The van der Waals surface area contributed by atoms with Crippen molar-refractivity contribution < 1.29 is 9.90 Å². The molecule has 4 atom stereocenters. The molecule has 2 saturated carbocycles. The first-order chi connectivity index (χ1) is 9.56. The highest BCUT2D eigenvalue weighted by Crippen LogP contribution is 2.48. The summed E-state index contributed by atoms with van der Waals surface area (Å²) in [5.41, 5.74) is 3.84. The molecular weight excluding hydrogens is 250 g/mol. The van der Waals surface area contributed by atoms with Gasteiger partial charge in [0.05, 0.1) is 5.92 Å². The quantitative estimate of drug-likeness (QED) is 0.887. The van der Waals surface area contributed by atoms with E-state index in [-0.39, 0.29) is 12.0 Å². The number of carboxylic acids is 1. The molecule has 1 aromatic rings. The minimum atomic E-state index is -0.615. The Morgan fingerprint density at radius 1 is 1.30 bits per heavy atom. The van der Waals surface area contributed by atoms with E-state index in [4.69, 9.17) is 0 Å². The van der Waals surface area contributed by atoms with Crippen LogP contribution in [0.5, 0.6) is 0 Å². The van der Waals surface area contributed by atoms with E-state index < -0.39 is 5.97 Å². The monoisotopic (exact) mass is 273 g/mol. The molecule has 3 nitrogen and oxygen atoms in total. The average molecular weight is 273 g/mol. The van der Waals surface area contributed by atoms with Gasteiger partial charge in [-0.1, -0.05) is 23.8 Å². The van der Waals surface area contributed by atoms with Crippen molar-refractivity contribution in [2.24, 2.45) is 17.8 Å². The van der Waals surface area contributed by atoms with Gasteiger partial charge >= 0.3 is 5.97 Å². The molecule has 2 aliphatic rings. The number of aryl methyl sites for hydroxylation is 2. The van der Waals surface area contributed by atoms with E-state index in [0.29, 0.717) is 11.8 Å². The highest BCUT2D eigenvalue weighted by Gasteiger charge is 2.50. The first-order valence-corrected chi connectivity index (χ1v) is 7.58. The van der Waals surface area contributed by atoms with E-state index in [2.05, 4.69) is 37.4 Å².